The van der Waals surface area contributed by atoms with Crippen LogP contribution in [0.3, 0.4) is 0 Å². The monoisotopic (exact) mass is 314 g/mol. The summed E-state index contributed by atoms with van der Waals surface area (Å²) in [6.07, 6.45) is 5.86. The van der Waals surface area contributed by atoms with Gasteiger partial charge in [-0.15, -0.1) is 0 Å². The van der Waals surface area contributed by atoms with Crippen LogP contribution < -0.4 is 10.5 Å². The fourth-order valence-corrected chi connectivity index (χ4v) is 4.60. The van der Waals surface area contributed by atoms with E-state index in [1.165, 1.54) is 19.3 Å². The molecular formula is C14H26N4O2S. The highest BCUT2D eigenvalue weighted by Gasteiger charge is 2.26. The molecule has 1 aromatic heterocycles. The Balaban J connectivity index is 1.97. The summed E-state index contributed by atoms with van der Waals surface area (Å²) in [6.45, 7) is 4.55. The summed E-state index contributed by atoms with van der Waals surface area (Å²) in [6, 6.07) is 0. The Morgan fingerprint density at radius 1 is 1.29 bits per heavy atom. The molecule has 0 aromatic carbocycles. The number of aromatic nitrogens is 2. The van der Waals surface area contributed by atoms with E-state index in [-0.39, 0.29) is 11.4 Å². The van der Waals surface area contributed by atoms with Gasteiger partial charge in [-0.05, 0) is 31.6 Å². The van der Waals surface area contributed by atoms with E-state index < -0.39 is 10.0 Å². The zero-order valence-electron chi connectivity index (χ0n) is 12.9. The van der Waals surface area contributed by atoms with E-state index in [1.54, 1.807) is 6.92 Å². The van der Waals surface area contributed by atoms with Crippen molar-refractivity contribution >= 4 is 10.0 Å². The molecule has 0 saturated heterocycles. The molecule has 1 aromatic rings. The quantitative estimate of drug-likeness (QED) is 0.743. The maximum absolute atomic E-state index is 12.4. The Morgan fingerprint density at radius 3 is 2.48 bits per heavy atom. The van der Waals surface area contributed by atoms with Gasteiger partial charge in [0.25, 0.3) is 0 Å². The molecule has 0 unspecified atom stereocenters. The molecule has 7 heteroatoms. The molecule has 0 spiro atoms. The number of aryl methyl sites for hydroxylation is 1. The molecule has 1 aliphatic carbocycles. The third-order valence-corrected chi connectivity index (χ3v) is 6.16. The minimum Gasteiger partial charge on any atom is -0.325 e. The van der Waals surface area contributed by atoms with Gasteiger partial charge in [-0.25, -0.2) is 13.1 Å². The Hall–Kier alpha value is -0.920. The molecular weight excluding hydrogens is 288 g/mol. The minimum absolute atomic E-state index is 0.113. The van der Waals surface area contributed by atoms with Gasteiger partial charge < -0.3 is 5.73 Å². The van der Waals surface area contributed by atoms with Crippen LogP contribution in [-0.4, -0.2) is 25.2 Å². The van der Waals surface area contributed by atoms with Gasteiger partial charge >= 0.3 is 0 Å². The summed E-state index contributed by atoms with van der Waals surface area (Å²) >= 11 is 0. The van der Waals surface area contributed by atoms with E-state index in [0.717, 1.165) is 18.8 Å². The van der Waals surface area contributed by atoms with Crippen molar-refractivity contribution in [1.82, 2.24) is 14.9 Å². The second-order valence-corrected chi connectivity index (χ2v) is 7.68. The van der Waals surface area contributed by atoms with Crippen molar-refractivity contribution in [3.63, 3.8) is 0 Å². The van der Waals surface area contributed by atoms with Crippen molar-refractivity contribution in [3.8, 4) is 0 Å². The zero-order chi connectivity index (χ0) is 15.5. The molecule has 21 heavy (non-hydrogen) atoms. The second-order valence-electron chi connectivity index (χ2n) is 5.98. The maximum Gasteiger partial charge on any atom is 0.244 e. The molecule has 1 fully saturated rings. The summed E-state index contributed by atoms with van der Waals surface area (Å²) in [5.41, 5.74) is 6.49. The van der Waals surface area contributed by atoms with Gasteiger partial charge in [0.2, 0.25) is 10.0 Å². The third-order valence-electron chi connectivity index (χ3n) is 4.53. The van der Waals surface area contributed by atoms with Gasteiger partial charge in [0.05, 0.1) is 11.4 Å². The van der Waals surface area contributed by atoms with Gasteiger partial charge in [-0.2, -0.15) is 5.10 Å². The first-order chi connectivity index (χ1) is 9.97. The largest absolute Gasteiger partial charge is 0.325 e. The molecule has 120 valence electrons. The van der Waals surface area contributed by atoms with Gasteiger partial charge in [0.1, 0.15) is 4.90 Å². The predicted molar refractivity (Wildman–Crippen MR) is 82.1 cm³/mol. The number of nitrogens with two attached hydrogens (primary N) is 1. The topological polar surface area (TPSA) is 101 Å². The van der Waals surface area contributed by atoms with Crippen LogP contribution in [0.5, 0.6) is 0 Å². The van der Waals surface area contributed by atoms with Crippen molar-refractivity contribution in [2.24, 2.45) is 17.6 Å². The molecule has 1 heterocycles. The number of H-pyrrole nitrogens is 1. The Labute approximate surface area is 126 Å². The molecule has 1 saturated carbocycles. The van der Waals surface area contributed by atoms with Crippen molar-refractivity contribution in [2.75, 3.05) is 6.54 Å². The van der Waals surface area contributed by atoms with Crippen molar-refractivity contribution in [2.45, 2.75) is 57.4 Å². The van der Waals surface area contributed by atoms with Crippen LogP contribution in [0.2, 0.25) is 0 Å². The van der Waals surface area contributed by atoms with Crippen molar-refractivity contribution < 1.29 is 8.42 Å². The Morgan fingerprint density at radius 2 is 1.90 bits per heavy atom. The van der Waals surface area contributed by atoms with E-state index in [4.69, 9.17) is 5.73 Å². The van der Waals surface area contributed by atoms with Gasteiger partial charge in [0, 0.05) is 13.1 Å². The normalized spacial score (nSPS) is 23.4. The number of nitrogens with one attached hydrogen (secondary N) is 2. The van der Waals surface area contributed by atoms with E-state index in [9.17, 15) is 8.42 Å². The molecule has 4 N–H and O–H groups in total. The summed E-state index contributed by atoms with van der Waals surface area (Å²) in [5, 5.41) is 6.64. The fourth-order valence-electron chi connectivity index (χ4n) is 3.11. The average molecular weight is 314 g/mol. The van der Waals surface area contributed by atoms with Crippen LogP contribution >= 0.6 is 0 Å². The first-order valence-electron chi connectivity index (χ1n) is 7.71. The summed E-state index contributed by atoms with van der Waals surface area (Å²) < 4.78 is 27.6. The Bertz CT molecular complexity index is 560. The minimum atomic E-state index is -3.53. The standard InChI is InChI=1S/C14H26N4O2S/c1-3-11-4-6-12(7-5-11)9-16-21(19,20)14-10(2)17-18-13(14)8-15/h11-12,16H,3-9,15H2,1-2H3,(H,17,18). The molecule has 6 nitrogen and oxygen atoms in total. The predicted octanol–water partition coefficient (Wildman–Crippen LogP) is 1.67. The molecule has 2 rings (SSSR count). The van der Waals surface area contributed by atoms with Crippen LogP contribution in [-0.2, 0) is 16.6 Å². The average Bonchev–Trinajstić information content (AvgIpc) is 2.87. The fraction of sp³-hybridized carbons (Fsp3) is 0.786. The highest BCUT2D eigenvalue weighted by atomic mass is 32.2. The number of rotatable bonds is 6. The molecule has 0 amide bonds. The SMILES string of the molecule is CCC1CCC(CNS(=O)(=O)c2c(CN)n[nH]c2C)CC1. The van der Waals surface area contributed by atoms with Crippen LogP contribution in [0.1, 0.15) is 50.4 Å². The summed E-state index contributed by atoms with van der Waals surface area (Å²) in [7, 11) is -3.53. The highest BCUT2D eigenvalue weighted by Crippen LogP contribution is 2.30. The molecule has 0 aliphatic heterocycles. The lowest BCUT2D eigenvalue weighted by atomic mass is 9.81. The van der Waals surface area contributed by atoms with Crippen LogP contribution in [0.25, 0.3) is 0 Å². The van der Waals surface area contributed by atoms with E-state index in [1.807, 2.05) is 0 Å². The smallest absolute Gasteiger partial charge is 0.244 e. The first-order valence-corrected chi connectivity index (χ1v) is 9.19. The highest BCUT2D eigenvalue weighted by molar-refractivity contribution is 7.89. The van der Waals surface area contributed by atoms with E-state index in [0.29, 0.717) is 23.9 Å². The third kappa shape index (κ3) is 3.84. The summed E-state index contributed by atoms with van der Waals surface area (Å²) in [5.74, 6) is 1.26. The van der Waals surface area contributed by atoms with E-state index in [2.05, 4.69) is 21.8 Å². The van der Waals surface area contributed by atoms with Gasteiger partial charge in [0.15, 0.2) is 0 Å². The summed E-state index contributed by atoms with van der Waals surface area (Å²) in [4.78, 5) is 0.215. The molecule has 0 atom stereocenters. The van der Waals surface area contributed by atoms with Gasteiger partial charge in [-0.1, -0.05) is 26.2 Å². The lowest BCUT2D eigenvalue weighted by molar-refractivity contribution is 0.270. The molecule has 1 aliphatic rings. The lowest BCUT2D eigenvalue weighted by Gasteiger charge is -2.27. The Kier molecular flexibility index (Phi) is 5.40. The second kappa shape index (κ2) is 6.89. The maximum atomic E-state index is 12.4. The number of hydrogen-bond donors (Lipinski definition) is 3. The van der Waals surface area contributed by atoms with E-state index >= 15 is 0 Å². The molecule has 0 radical (unpaired) electrons. The van der Waals surface area contributed by atoms with Crippen LogP contribution in [0.4, 0.5) is 0 Å². The van der Waals surface area contributed by atoms with Crippen LogP contribution in [0, 0.1) is 18.8 Å². The number of nitrogens with zero attached hydrogens (tertiary/aromatic N) is 1. The number of aromatic amines is 1. The zero-order valence-corrected chi connectivity index (χ0v) is 13.7. The van der Waals surface area contributed by atoms with Crippen LogP contribution in [0.15, 0.2) is 4.90 Å². The van der Waals surface area contributed by atoms with Crippen molar-refractivity contribution in [1.29, 1.82) is 0 Å². The van der Waals surface area contributed by atoms with Gasteiger partial charge in [-0.3, -0.25) is 5.10 Å². The van der Waals surface area contributed by atoms with Crippen molar-refractivity contribution in [3.05, 3.63) is 11.4 Å². The molecule has 0 bridgehead atoms. The first kappa shape index (κ1) is 16.5. The lowest BCUT2D eigenvalue weighted by Crippen LogP contribution is -2.32. The number of hydrogen-bond acceptors (Lipinski definition) is 4. The number of sulfonamides is 1.